The number of rotatable bonds is 6. The van der Waals surface area contributed by atoms with E-state index in [4.69, 9.17) is 23.2 Å². The molecule has 1 aromatic heterocycles. The SMILES string of the molecule is CC(=O)Nc1ccc(NCc2cn(Cc3ccc(Cl)cc3Cl)c3ccccc23)cc1. The molecule has 0 bridgehead atoms. The van der Waals surface area contributed by atoms with Gasteiger partial charge in [0.25, 0.3) is 0 Å². The summed E-state index contributed by atoms with van der Waals surface area (Å²) in [6.07, 6.45) is 2.16. The first kappa shape index (κ1) is 20.3. The van der Waals surface area contributed by atoms with Gasteiger partial charge in [0.1, 0.15) is 0 Å². The third-order valence-electron chi connectivity index (χ3n) is 4.92. The van der Waals surface area contributed by atoms with Gasteiger partial charge in [-0.1, -0.05) is 47.5 Å². The zero-order chi connectivity index (χ0) is 21.1. The van der Waals surface area contributed by atoms with Gasteiger partial charge in [-0.2, -0.15) is 0 Å². The molecule has 0 aliphatic heterocycles. The lowest BCUT2D eigenvalue weighted by Gasteiger charge is -2.08. The molecule has 6 heteroatoms. The molecule has 0 saturated heterocycles. The number of aromatic nitrogens is 1. The van der Waals surface area contributed by atoms with E-state index in [1.165, 1.54) is 17.9 Å². The van der Waals surface area contributed by atoms with Crippen LogP contribution in [-0.2, 0) is 17.9 Å². The number of fused-ring (bicyclic) bond motifs is 1. The third-order valence-corrected chi connectivity index (χ3v) is 5.50. The van der Waals surface area contributed by atoms with Crippen molar-refractivity contribution in [2.75, 3.05) is 10.6 Å². The number of carbonyl (C=O) groups excluding carboxylic acids is 1. The van der Waals surface area contributed by atoms with Crippen LogP contribution >= 0.6 is 23.2 Å². The summed E-state index contributed by atoms with van der Waals surface area (Å²) in [4.78, 5) is 11.2. The van der Waals surface area contributed by atoms with Crippen LogP contribution < -0.4 is 10.6 Å². The second kappa shape index (κ2) is 8.82. The predicted octanol–water partition coefficient (Wildman–Crippen LogP) is 6.57. The first-order valence-corrected chi connectivity index (χ1v) is 10.4. The fourth-order valence-corrected chi connectivity index (χ4v) is 3.97. The highest BCUT2D eigenvalue weighted by molar-refractivity contribution is 6.35. The molecule has 4 aromatic rings. The van der Waals surface area contributed by atoms with Gasteiger partial charge >= 0.3 is 0 Å². The largest absolute Gasteiger partial charge is 0.381 e. The quantitative estimate of drug-likeness (QED) is 0.358. The zero-order valence-electron chi connectivity index (χ0n) is 16.5. The van der Waals surface area contributed by atoms with Crippen LogP contribution in [0.1, 0.15) is 18.1 Å². The van der Waals surface area contributed by atoms with Gasteiger partial charge in [-0.25, -0.2) is 0 Å². The molecule has 2 N–H and O–H groups in total. The molecular formula is C24H21Cl2N3O. The van der Waals surface area contributed by atoms with Gasteiger partial charge in [0.2, 0.25) is 5.91 Å². The number of para-hydroxylation sites is 1. The molecule has 3 aromatic carbocycles. The second-order valence-corrected chi connectivity index (χ2v) is 7.99. The fourth-order valence-electron chi connectivity index (χ4n) is 3.50. The van der Waals surface area contributed by atoms with Crippen LogP contribution in [-0.4, -0.2) is 10.5 Å². The summed E-state index contributed by atoms with van der Waals surface area (Å²) in [6, 6.07) is 21.6. The van der Waals surface area contributed by atoms with Crippen LogP contribution in [0.2, 0.25) is 10.0 Å². The summed E-state index contributed by atoms with van der Waals surface area (Å²) in [7, 11) is 0. The Morgan fingerprint density at radius 3 is 2.40 bits per heavy atom. The molecule has 152 valence electrons. The molecule has 0 radical (unpaired) electrons. The molecule has 0 aliphatic rings. The first-order valence-electron chi connectivity index (χ1n) is 9.62. The molecule has 0 atom stereocenters. The van der Waals surface area contributed by atoms with Crippen molar-refractivity contribution in [2.24, 2.45) is 0 Å². The topological polar surface area (TPSA) is 46.1 Å². The van der Waals surface area contributed by atoms with Crippen LogP contribution in [0.15, 0.2) is 72.9 Å². The molecule has 0 unspecified atom stereocenters. The molecule has 30 heavy (non-hydrogen) atoms. The van der Waals surface area contributed by atoms with Crippen LogP contribution in [0.25, 0.3) is 10.9 Å². The van der Waals surface area contributed by atoms with Crippen molar-refractivity contribution in [3.63, 3.8) is 0 Å². The van der Waals surface area contributed by atoms with Crippen molar-refractivity contribution in [2.45, 2.75) is 20.0 Å². The number of benzene rings is 3. The summed E-state index contributed by atoms with van der Waals surface area (Å²) < 4.78 is 2.21. The van der Waals surface area contributed by atoms with Gasteiger partial charge in [0.05, 0.1) is 0 Å². The van der Waals surface area contributed by atoms with E-state index in [1.54, 1.807) is 6.07 Å². The minimum Gasteiger partial charge on any atom is -0.381 e. The number of hydrogen-bond donors (Lipinski definition) is 2. The van der Waals surface area contributed by atoms with E-state index < -0.39 is 0 Å². The van der Waals surface area contributed by atoms with Gasteiger partial charge < -0.3 is 15.2 Å². The number of nitrogens with zero attached hydrogens (tertiary/aromatic N) is 1. The summed E-state index contributed by atoms with van der Waals surface area (Å²) in [5.74, 6) is -0.0793. The highest BCUT2D eigenvalue weighted by atomic mass is 35.5. The van der Waals surface area contributed by atoms with Crippen LogP contribution in [0.5, 0.6) is 0 Å². The van der Waals surface area contributed by atoms with Crippen LogP contribution in [0, 0.1) is 0 Å². The summed E-state index contributed by atoms with van der Waals surface area (Å²) in [5, 5.41) is 8.74. The molecule has 0 saturated carbocycles. The summed E-state index contributed by atoms with van der Waals surface area (Å²) in [5.41, 5.74) is 5.14. The Morgan fingerprint density at radius 2 is 1.67 bits per heavy atom. The van der Waals surface area contributed by atoms with Crippen LogP contribution in [0.4, 0.5) is 11.4 Å². The van der Waals surface area contributed by atoms with Gasteiger partial charge in [-0.3, -0.25) is 4.79 Å². The highest BCUT2D eigenvalue weighted by Gasteiger charge is 2.10. The number of hydrogen-bond acceptors (Lipinski definition) is 2. The van der Waals surface area contributed by atoms with E-state index in [0.717, 1.165) is 22.5 Å². The lowest BCUT2D eigenvalue weighted by molar-refractivity contribution is -0.114. The number of halogens is 2. The Labute approximate surface area is 185 Å². The van der Waals surface area contributed by atoms with Gasteiger partial charge in [-0.15, -0.1) is 0 Å². The molecule has 1 heterocycles. The molecule has 0 aliphatic carbocycles. The smallest absolute Gasteiger partial charge is 0.221 e. The van der Waals surface area contributed by atoms with E-state index >= 15 is 0 Å². The van der Waals surface area contributed by atoms with Crippen molar-refractivity contribution in [3.8, 4) is 0 Å². The monoisotopic (exact) mass is 437 g/mol. The van der Waals surface area contributed by atoms with E-state index in [2.05, 4.69) is 33.5 Å². The molecule has 4 rings (SSSR count). The number of anilines is 2. The van der Waals surface area contributed by atoms with Crippen molar-refractivity contribution in [3.05, 3.63) is 94.1 Å². The van der Waals surface area contributed by atoms with Crippen molar-refractivity contribution < 1.29 is 4.79 Å². The fraction of sp³-hybridized carbons (Fsp3) is 0.125. The van der Waals surface area contributed by atoms with Gasteiger partial charge in [-0.05, 0) is 53.6 Å². The van der Waals surface area contributed by atoms with Gasteiger partial charge in [0.15, 0.2) is 0 Å². The Balaban J connectivity index is 1.55. The van der Waals surface area contributed by atoms with Crippen molar-refractivity contribution >= 4 is 51.4 Å². The maximum absolute atomic E-state index is 11.2. The van der Waals surface area contributed by atoms with E-state index in [9.17, 15) is 4.79 Å². The average Bonchev–Trinajstić information content (AvgIpc) is 3.07. The number of amides is 1. The molecule has 0 spiro atoms. The number of nitrogens with one attached hydrogen (secondary N) is 2. The van der Waals surface area contributed by atoms with Crippen molar-refractivity contribution in [1.82, 2.24) is 4.57 Å². The number of carbonyl (C=O) groups is 1. The maximum Gasteiger partial charge on any atom is 0.221 e. The minimum atomic E-state index is -0.0793. The normalized spacial score (nSPS) is 10.9. The molecule has 1 amide bonds. The highest BCUT2D eigenvalue weighted by Crippen LogP contribution is 2.27. The lowest BCUT2D eigenvalue weighted by atomic mass is 10.1. The molecule has 0 fully saturated rings. The van der Waals surface area contributed by atoms with E-state index in [1.807, 2.05) is 48.5 Å². The Bertz CT molecular complexity index is 1200. The Morgan fingerprint density at radius 1 is 0.933 bits per heavy atom. The third kappa shape index (κ3) is 4.61. The van der Waals surface area contributed by atoms with Crippen molar-refractivity contribution in [1.29, 1.82) is 0 Å². The van der Waals surface area contributed by atoms with Gasteiger partial charge in [0, 0.05) is 58.5 Å². The van der Waals surface area contributed by atoms with E-state index in [0.29, 0.717) is 23.1 Å². The molecular weight excluding hydrogens is 417 g/mol. The Hall–Kier alpha value is -2.95. The van der Waals surface area contributed by atoms with E-state index in [-0.39, 0.29) is 5.91 Å². The summed E-state index contributed by atoms with van der Waals surface area (Å²) in [6.45, 7) is 2.85. The zero-order valence-corrected chi connectivity index (χ0v) is 18.0. The van der Waals surface area contributed by atoms with Crippen LogP contribution in [0.3, 0.4) is 0 Å². The lowest BCUT2D eigenvalue weighted by Crippen LogP contribution is -2.05. The average molecular weight is 438 g/mol. The summed E-state index contributed by atoms with van der Waals surface area (Å²) >= 11 is 12.4. The second-order valence-electron chi connectivity index (χ2n) is 7.15. The first-order chi connectivity index (χ1) is 14.5. The standard InChI is InChI=1S/C24H21Cl2N3O/c1-16(30)28-21-10-8-20(9-11-21)27-13-18-15-29(24-5-3-2-4-22(18)24)14-17-6-7-19(25)12-23(17)26/h2-12,15,27H,13-14H2,1H3,(H,28,30). The molecule has 4 nitrogen and oxygen atoms in total. The maximum atomic E-state index is 11.2. The predicted molar refractivity (Wildman–Crippen MR) is 126 cm³/mol. The Kier molecular flexibility index (Phi) is 5.98. The minimum absolute atomic E-state index is 0.0793.